The first-order chi connectivity index (χ1) is 31.0. The zero-order chi connectivity index (χ0) is 47.8. The standard InChI is InChI=1S/C45H32N2/c1-2-43-46-41-17-9-10-18-42(41)47(43)36-27-25-32(26-28-36)31-19-22-33(23-20-31)44-37-13-5-7-15-39(37)45(40-16-8-6-14-38(40)44)35-24-21-30-11-3-4-12-34(30)29-35/h3-29H,2H2,1H3/i1D3,2D2,3D,4D,5D,6D,7D,8D,11D,12D,13D,14D,15D,16D,21D,24D. The van der Waals surface area contributed by atoms with E-state index in [1.165, 1.54) is 10.6 Å². The Balaban J connectivity index is 1.29. The monoisotopic (exact) mass is 619 g/mol. The molecule has 47 heavy (non-hydrogen) atoms. The fourth-order valence-corrected chi connectivity index (χ4v) is 6.16. The number of rotatable bonds is 5. The molecule has 2 nitrogen and oxygen atoms in total. The van der Waals surface area contributed by atoms with Crippen LogP contribution in [0.3, 0.4) is 0 Å². The lowest BCUT2D eigenvalue weighted by Gasteiger charge is -2.18. The first kappa shape index (κ1) is 14.2. The number of nitrogens with zero attached hydrogens (tertiary/aromatic N) is 2. The number of imidazole rings is 1. The van der Waals surface area contributed by atoms with Crippen LogP contribution in [0.15, 0.2) is 163 Å². The maximum absolute atomic E-state index is 9.28. The second kappa shape index (κ2) is 11.1. The fraction of sp³-hybridized carbons (Fsp3) is 0.0444. The molecule has 0 N–H and O–H groups in total. The minimum absolute atomic E-state index is 0.0213. The summed E-state index contributed by atoms with van der Waals surface area (Å²) in [6.45, 7) is -3.03. The average molecular weight is 620 g/mol. The summed E-state index contributed by atoms with van der Waals surface area (Å²) in [6.07, 6.45) is -2.81. The highest BCUT2D eigenvalue weighted by Crippen LogP contribution is 2.44. The molecule has 0 aliphatic rings. The molecule has 2 heteroatoms. The molecule has 9 aromatic rings. The third-order valence-electron chi connectivity index (χ3n) is 8.28. The first-order valence-corrected chi connectivity index (χ1v) is 14.7. The number of aryl methyl sites for hydroxylation is 1. The summed E-state index contributed by atoms with van der Waals surface area (Å²) in [6, 6.07) is 12.9. The molecule has 0 bridgehead atoms. The Morgan fingerprint density at radius 1 is 0.574 bits per heavy atom. The van der Waals surface area contributed by atoms with Gasteiger partial charge in [0.1, 0.15) is 5.82 Å². The van der Waals surface area contributed by atoms with Crippen molar-refractivity contribution in [3.63, 3.8) is 0 Å². The molecule has 1 heterocycles. The quantitative estimate of drug-likeness (QED) is 0.175. The van der Waals surface area contributed by atoms with E-state index < -0.39 is 97.8 Å². The summed E-state index contributed by atoms with van der Waals surface area (Å²) in [7, 11) is 0. The Hall–Kier alpha value is -5.99. The van der Waals surface area contributed by atoms with E-state index in [4.69, 9.17) is 19.2 Å². The van der Waals surface area contributed by atoms with Gasteiger partial charge in [0.2, 0.25) is 0 Å². The predicted octanol–water partition coefficient (Wildman–Crippen LogP) is 12.0. The van der Waals surface area contributed by atoms with Gasteiger partial charge >= 0.3 is 0 Å². The molecule has 9 rings (SSSR count). The van der Waals surface area contributed by atoms with E-state index in [-0.39, 0.29) is 60.4 Å². The topological polar surface area (TPSA) is 17.8 Å². The van der Waals surface area contributed by atoms with Crippen molar-refractivity contribution in [1.82, 2.24) is 9.55 Å². The van der Waals surface area contributed by atoms with Gasteiger partial charge in [0.05, 0.1) is 30.2 Å². The molecule has 0 atom stereocenters. The van der Waals surface area contributed by atoms with Gasteiger partial charge in [-0.2, -0.15) is 0 Å². The number of fused-ring (bicyclic) bond motifs is 4. The molecule has 0 unspecified atom stereocenters. The third-order valence-corrected chi connectivity index (χ3v) is 8.28. The minimum Gasteiger partial charge on any atom is -0.296 e. The summed E-state index contributed by atoms with van der Waals surface area (Å²) in [4.78, 5) is 4.38. The van der Waals surface area contributed by atoms with Gasteiger partial charge < -0.3 is 0 Å². The summed E-state index contributed by atoms with van der Waals surface area (Å²) >= 11 is 0. The summed E-state index contributed by atoms with van der Waals surface area (Å²) in [5.41, 5.74) is 2.44. The van der Waals surface area contributed by atoms with E-state index in [9.17, 15) is 6.85 Å². The highest BCUT2D eigenvalue weighted by atomic mass is 15.1. The SMILES string of the molecule is [2H]c1c([2H])c([2H])c2c([2H])c([2H])c(-c3c4c([2H])c([2H])c([2H])c([2H])c4c(-c4ccc(-c5ccc(-n6c(C([2H])([2H])C([2H])([2H])[2H])nc7ccccc76)cc5)cc4)c4c([2H])c([2H])c([2H])c([2H])c34)cc2c1[2H]. The van der Waals surface area contributed by atoms with Gasteiger partial charge in [0.25, 0.3) is 0 Å². The zero-order valence-electron chi connectivity index (χ0n) is 43.4. The maximum atomic E-state index is 9.28. The summed E-state index contributed by atoms with van der Waals surface area (Å²) < 4.78 is 166. The molecule has 0 amide bonds. The van der Waals surface area contributed by atoms with Crippen LogP contribution in [-0.2, 0) is 6.37 Å². The van der Waals surface area contributed by atoms with E-state index in [2.05, 4.69) is 4.98 Å². The van der Waals surface area contributed by atoms with E-state index >= 15 is 0 Å². The van der Waals surface area contributed by atoms with Crippen molar-refractivity contribution in [2.45, 2.75) is 13.2 Å². The highest BCUT2D eigenvalue weighted by molar-refractivity contribution is 6.21. The lowest BCUT2D eigenvalue weighted by atomic mass is 9.85. The van der Waals surface area contributed by atoms with E-state index in [0.717, 1.165) is 0 Å². The van der Waals surface area contributed by atoms with Crippen LogP contribution in [0.5, 0.6) is 0 Å². The molecule has 0 aliphatic carbocycles. The molecule has 0 saturated heterocycles. The predicted molar refractivity (Wildman–Crippen MR) is 199 cm³/mol. The minimum atomic E-state index is -3.03. The molecule has 0 radical (unpaired) electrons. The van der Waals surface area contributed by atoms with Crippen molar-refractivity contribution in [3.8, 4) is 39.1 Å². The Morgan fingerprint density at radius 2 is 1.13 bits per heavy atom. The van der Waals surface area contributed by atoms with E-state index in [1.807, 2.05) is 0 Å². The van der Waals surface area contributed by atoms with Gasteiger partial charge in [-0.1, -0.05) is 140 Å². The maximum Gasteiger partial charge on any atom is 0.114 e. The zero-order valence-corrected chi connectivity index (χ0v) is 24.4. The number of benzene rings is 8. The van der Waals surface area contributed by atoms with Crippen LogP contribution in [-0.4, -0.2) is 9.55 Å². The van der Waals surface area contributed by atoms with Gasteiger partial charge in [0.15, 0.2) is 0 Å². The molecule has 0 spiro atoms. The average Bonchev–Trinajstić information content (AvgIpc) is 3.70. The van der Waals surface area contributed by atoms with Crippen molar-refractivity contribution in [3.05, 3.63) is 169 Å². The number of aromatic nitrogens is 2. The van der Waals surface area contributed by atoms with Crippen LogP contribution in [0, 0.1) is 0 Å². The highest BCUT2D eigenvalue weighted by Gasteiger charge is 2.17. The first-order valence-electron chi connectivity index (χ1n) is 24.2. The Labute approximate surface area is 300 Å². The molecule has 0 aliphatic heterocycles. The molecular formula is C45H32N2. The smallest absolute Gasteiger partial charge is 0.114 e. The van der Waals surface area contributed by atoms with Crippen LogP contribution >= 0.6 is 0 Å². The second-order valence-electron chi connectivity index (χ2n) is 10.9. The normalized spacial score (nSPS) is 17.9. The molecule has 1 aromatic heterocycles. The van der Waals surface area contributed by atoms with Crippen LogP contribution in [0.2, 0.25) is 0 Å². The molecule has 0 saturated carbocycles. The van der Waals surface area contributed by atoms with Crippen LogP contribution in [0.4, 0.5) is 0 Å². The summed E-state index contributed by atoms with van der Waals surface area (Å²) in [5, 5.41) is -1.25. The van der Waals surface area contributed by atoms with Crippen molar-refractivity contribution in [2.24, 2.45) is 0 Å². The van der Waals surface area contributed by atoms with Gasteiger partial charge in [-0.25, -0.2) is 4.98 Å². The van der Waals surface area contributed by atoms with Gasteiger partial charge in [-0.05, 0) is 96.0 Å². The van der Waals surface area contributed by atoms with Crippen LogP contribution in [0.25, 0.3) is 82.4 Å². The summed E-state index contributed by atoms with van der Waals surface area (Å²) in [5.74, 6) is -0.296. The lowest BCUT2D eigenvalue weighted by molar-refractivity contribution is 0.908. The van der Waals surface area contributed by atoms with Gasteiger partial charge in [0, 0.05) is 18.9 Å². The third kappa shape index (κ3) is 4.53. The molecular weight excluding hydrogens is 569 g/mol. The van der Waals surface area contributed by atoms with Gasteiger partial charge in [-0.3, -0.25) is 4.57 Å². The van der Waals surface area contributed by atoms with Crippen molar-refractivity contribution >= 4 is 43.4 Å². The van der Waals surface area contributed by atoms with Crippen LogP contribution in [0.1, 0.15) is 38.7 Å². The molecule has 222 valence electrons. The van der Waals surface area contributed by atoms with Crippen molar-refractivity contribution in [2.75, 3.05) is 0 Å². The molecule has 0 fully saturated rings. The Bertz CT molecular complexity index is 3500. The fourth-order valence-electron chi connectivity index (χ4n) is 6.16. The number of para-hydroxylation sites is 2. The lowest BCUT2D eigenvalue weighted by Crippen LogP contribution is -1.99. The Kier molecular flexibility index (Phi) is 3.36. The van der Waals surface area contributed by atoms with E-state index in [1.54, 1.807) is 72.8 Å². The Morgan fingerprint density at radius 3 is 1.79 bits per heavy atom. The number of hydrogen-bond acceptors (Lipinski definition) is 1. The molecule has 8 aromatic carbocycles. The van der Waals surface area contributed by atoms with Crippen molar-refractivity contribution in [1.29, 1.82) is 0 Å². The van der Waals surface area contributed by atoms with Crippen LogP contribution < -0.4 is 0 Å². The number of hydrogen-bond donors (Lipinski definition) is 0. The van der Waals surface area contributed by atoms with Gasteiger partial charge in [-0.15, -0.1) is 0 Å². The second-order valence-corrected chi connectivity index (χ2v) is 10.9. The van der Waals surface area contributed by atoms with E-state index in [0.29, 0.717) is 27.8 Å². The largest absolute Gasteiger partial charge is 0.296 e. The van der Waals surface area contributed by atoms with Crippen molar-refractivity contribution < 1.29 is 26.0 Å².